The smallest absolute Gasteiger partial charge is 0.255 e. The fraction of sp³-hybridized carbons (Fsp3) is 0.529. The van der Waals surface area contributed by atoms with E-state index < -0.39 is 0 Å². The van der Waals surface area contributed by atoms with E-state index in [4.69, 9.17) is 4.74 Å². The second-order valence-electron chi connectivity index (χ2n) is 6.58. The third kappa shape index (κ3) is 3.14. The van der Waals surface area contributed by atoms with Gasteiger partial charge in [0, 0.05) is 18.7 Å². The second kappa shape index (κ2) is 6.89. The largest absolute Gasteiger partial charge is 0.393 e. The number of carbonyl (C=O) groups is 1. The van der Waals surface area contributed by atoms with E-state index in [2.05, 4.69) is 15.3 Å². The van der Waals surface area contributed by atoms with Gasteiger partial charge in [0.05, 0.1) is 55.2 Å². The van der Waals surface area contributed by atoms with Crippen LogP contribution in [-0.4, -0.2) is 67.8 Å². The molecule has 3 heterocycles. The number of amides is 1. The van der Waals surface area contributed by atoms with Gasteiger partial charge in [0.2, 0.25) is 0 Å². The van der Waals surface area contributed by atoms with Gasteiger partial charge in [0.15, 0.2) is 0 Å². The Morgan fingerprint density at radius 3 is 3.00 bits per heavy atom. The topological polar surface area (TPSA) is 93.4 Å². The Bertz CT molecular complexity index is 736. The summed E-state index contributed by atoms with van der Waals surface area (Å²) in [5.41, 5.74) is 1.20. The molecule has 0 aromatic carbocycles. The minimum Gasteiger partial charge on any atom is -0.393 e. The number of hydrogen-bond donors (Lipinski definition) is 1. The number of pyridine rings is 1. The van der Waals surface area contributed by atoms with Gasteiger partial charge in [0.25, 0.3) is 5.91 Å². The zero-order valence-corrected chi connectivity index (χ0v) is 13.9. The average molecular weight is 343 g/mol. The van der Waals surface area contributed by atoms with Crippen LogP contribution in [0.3, 0.4) is 0 Å². The lowest BCUT2D eigenvalue weighted by Gasteiger charge is -2.40. The lowest BCUT2D eigenvalue weighted by atomic mass is 9.94. The van der Waals surface area contributed by atoms with Crippen LogP contribution in [0.25, 0.3) is 5.69 Å². The van der Waals surface area contributed by atoms with Crippen molar-refractivity contribution in [1.82, 2.24) is 24.9 Å². The Balaban J connectivity index is 1.59. The van der Waals surface area contributed by atoms with Crippen molar-refractivity contribution in [3.8, 4) is 5.69 Å². The highest BCUT2D eigenvalue weighted by molar-refractivity contribution is 5.94. The predicted octanol–water partition coefficient (Wildman–Crippen LogP) is 0.664. The molecule has 3 unspecified atom stereocenters. The van der Waals surface area contributed by atoms with Gasteiger partial charge in [-0.25, -0.2) is 4.68 Å². The molecule has 4 rings (SSSR count). The molecule has 8 nitrogen and oxygen atoms in total. The first kappa shape index (κ1) is 16.2. The van der Waals surface area contributed by atoms with Crippen LogP contribution in [-0.2, 0) is 4.74 Å². The third-order valence-electron chi connectivity index (χ3n) is 5.11. The van der Waals surface area contributed by atoms with Crippen LogP contribution < -0.4 is 0 Å². The van der Waals surface area contributed by atoms with Crippen molar-refractivity contribution in [3.63, 3.8) is 0 Å². The van der Waals surface area contributed by atoms with Gasteiger partial charge in [0.1, 0.15) is 0 Å². The van der Waals surface area contributed by atoms with Crippen molar-refractivity contribution >= 4 is 5.91 Å². The average Bonchev–Trinajstić information content (AvgIpc) is 3.33. The van der Waals surface area contributed by atoms with Crippen molar-refractivity contribution in [2.45, 2.75) is 31.4 Å². The van der Waals surface area contributed by atoms with E-state index in [9.17, 15) is 9.90 Å². The quantitative estimate of drug-likeness (QED) is 0.880. The first-order valence-corrected chi connectivity index (χ1v) is 8.62. The summed E-state index contributed by atoms with van der Waals surface area (Å²) in [6.45, 7) is 1.52. The number of aromatic nitrogens is 4. The molecule has 0 spiro atoms. The van der Waals surface area contributed by atoms with E-state index in [1.165, 1.54) is 0 Å². The molecule has 0 bridgehead atoms. The molecule has 0 radical (unpaired) electrons. The normalized spacial score (nSPS) is 26.8. The fourth-order valence-electron chi connectivity index (χ4n) is 3.83. The summed E-state index contributed by atoms with van der Waals surface area (Å²) in [5.74, 6) is -0.00225. The summed E-state index contributed by atoms with van der Waals surface area (Å²) < 4.78 is 7.17. The van der Waals surface area contributed by atoms with Crippen molar-refractivity contribution in [2.75, 3.05) is 19.8 Å². The van der Waals surface area contributed by atoms with Crippen molar-refractivity contribution in [3.05, 3.63) is 36.4 Å². The van der Waals surface area contributed by atoms with Gasteiger partial charge in [-0.2, -0.15) is 0 Å². The number of nitrogens with zero attached hydrogens (tertiary/aromatic N) is 5. The predicted molar refractivity (Wildman–Crippen MR) is 88.1 cm³/mol. The zero-order valence-electron chi connectivity index (χ0n) is 13.9. The number of carbonyl (C=O) groups excluding carboxylic acids is 1. The molecule has 25 heavy (non-hydrogen) atoms. The van der Waals surface area contributed by atoms with Crippen LogP contribution in [0, 0.1) is 5.92 Å². The molecule has 1 saturated carbocycles. The Labute approximate surface area is 145 Å². The van der Waals surface area contributed by atoms with Gasteiger partial charge < -0.3 is 14.7 Å². The molecule has 2 aromatic rings. The number of morpholine rings is 1. The summed E-state index contributed by atoms with van der Waals surface area (Å²) in [5, 5.41) is 18.0. The summed E-state index contributed by atoms with van der Waals surface area (Å²) >= 11 is 0. The highest BCUT2D eigenvalue weighted by Crippen LogP contribution is 2.32. The first-order valence-electron chi connectivity index (χ1n) is 8.62. The highest BCUT2D eigenvalue weighted by atomic mass is 16.5. The standard InChI is InChI=1S/C17H21N5O3/c23-16-3-1-2-14(16)15-11-25-7-6-21(15)17(24)12-8-13(10-18-9-12)22-5-4-19-20-22/h4-5,8-10,14-16,23H,1-3,6-7,11H2. The van der Waals surface area contributed by atoms with E-state index in [-0.39, 0.29) is 24.0 Å². The number of hydrogen-bond acceptors (Lipinski definition) is 6. The number of aliphatic hydroxyl groups is 1. The van der Waals surface area contributed by atoms with Crippen molar-refractivity contribution in [1.29, 1.82) is 0 Å². The summed E-state index contributed by atoms with van der Waals surface area (Å²) in [4.78, 5) is 19.1. The van der Waals surface area contributed by atoms with E-state index in [0.717, 1.165) is 19.3 Å². The third-order valence-corrected chi connectivity index (χ3v) is 5.11. The second-order valence-corrected chi connectivity index (χ2v) is 6.58. The van der Waals surface area contributed by atoms with Crippen LogP contribution in [0.2, 0.25) is 0 Å². The van der Waals surface area contributed by atoms with Gasteiger partial charge in [-0.05, 0) is 18.9 Å². The monoisotopic (exact) mass is 343 g/mol. The highest BCUT2D eigenvalue weighted by Gasteiger charge is 2.39. The maximum absolute atomic E-state index is 13.1. The van der Waals surface area contributed by atoms with Crippen LogP contribution in [0.5, 0.6) is 0 Å². The Kier molecular flexibility index (Phi) is 4.46. The Hall–Kier alpha value is -2.32. The molecule has 8 heteroatoms. The number of aliphatic hydroxyl groups excluding tert-OH is 1. The van der Waals surface area contributed by atoms with Crippen LogP contribution in [0.1, 0.15) is 29.6 Å². The summed E-state index contributed by atoms with van der Waals surface area (Å²) in [6.07, 6.45) is 8.85. The van der Waals surface area contributed by atoms with Crippen LogP contribution >= 0.6 is 0 Å². The molecule has 2 aromatic heterocycles. The minimum atomic E-state index is -0.360. The molecular formula is C17H21N5O3. The molecule has 1 N–H and O–H groups in total. The molecule has 132 valence electrons. The molecule has 2 aliphatic rings. The summed E-state index contributed by atoms with van der Waals surface area (Å²) in [6, 6.07) is 1.68. The van der Waals surface area contributed by atoms with E-state index in [0.29, 0.717) is 31.0 Å². The van der Waals surface area contributed by atoms with Gasteiger partial charge in [-0.3, -0.25) is 9.78 Å². The maximum Gasteiger partial charge on any atom is 0.255 e. The van der Waals surface area contributed by atoms with Gasteiger partial charge in [-0.15, -0.1) is 5.10 Å². The Morgan fingerprint density at radius 2 is 2.24 bits per heavy atom. The van der Waals surface area contributed by atoms with Crippen molar-refractivity contribution in [2.24, 2.45) is 5.92 Å². The SMILES string of the molecule is O=C(c1cncc(-n2ccnn2)c1)N1CCOCC1C1CCCC1O. The Morgan fingerprint density at radius 1 is 1.32 bits per heavy atom. The summed E-state index contributed by atoms with van der Waals surface area (Å²) in [7, 11) is 0. The maximum atomic E-state index is 13.1. The van der Waals surface area contributed by atoms with Gasteiger partial charge >= 0.3 is 0 Å². The molecule has 2 fully saturated rings. The number of ether oxygens (including phenoxy) is 1. The molecule has 1 aliphatic carbocycles. The van der Waals surface area contributed by atoms with Crippen LogP contribution in [0.15, 0.2) is 30.9 Å². The van der Waals surface area contributed by atoms with E-state index in [1.54, 1.807) is 35.5 Å². The number of rotatable bonds is 3. The van der Waals surface area contributed by atoms with E-state index in [1.807, 2.05) is 4.90 Å². The van der Waals surface area contributed by atoms with Crippen molar-refractivity contribution < 1.29 is 14.6 Å². The molecular weight excluding hydrogens is 322 g/mol. The molecule has 1 amide bonds. The first-order chi connectivity index (χ1) is 12.2. The van der Waals surface area contributed by atoms with E-state index >= 15 is 0 Å². The van der Waals surface area contributed by atoms with Crippen LogP contribution in [0.4, 0.5) is 0 Å². The van der Waals surface area contributed by atoms with Gasteiger partial charge in [-0.1, -0.05) is 11.6 Å². The molecule has 1 saturated heterocycles. The zero-order chi connectivity index (χ0) is 17.2. The fourth-order valence-corrected chi connectivity index (χ4v) is 3.83. The molecule has 3 atom stereocenters. The minimum absolute atomic E-state index is 0.0794. The lowest BCUT2D eigenvalue weighted by Crippen LogP contribution is -2.53. The molecule has 1 aliphatic heterocycles. The lowest BCUT2D eigenvalue weighted by molar-refractivity contribution is -0.0383.